The van der Waals surface area contributed by atoms with Crippen molar-refractivity contribution in [1.29, 1.82) is 0 Å². The van der Waals surface area contributed by atoms with Crippen molar-refractivity contribution in [2.24, 2.45) is 5.92 Å². The summed E-state index contributed by atoms with van der Waals surface area (Å²) in [6.07, 6.45) is 0. The number of rotatable bonds is 7. The van der Waals surface area contributed by atoms with Gasteiger partial charge in [0.15, 0.2) is 0 Å². The first-order chi connectivity index (χ1) is 9.70. The van der Waals surface area contributed by atoms with Gasteiger partial charge in [-0.2, -0.15) is 4.31 Å². The Kier molecular flexibility index (Phi) is 6.84. The first-order valence-electron chi connectivity index (χ1n) is 7.15. The molecule has 1 N–H and O–H groups in total. The van der Waals surface area contributed by atoms with Gasteiger partial charge in [-0.05, 0) is 60.4 Å². The third kappa shape index (κ3) is 4.77. The Morgan fingerprint density at radius 3 is 2.33 bits per heavy atom. The Morgan fingerprint density at radius 2 is 1.86 bits per heavy atom. The molecule has 1 aromatic carbocycles. The lowest BCUT2D eigenvalue weighted by Crippen LogP contribution is -2.39. The molecule has 0 saturated carbocycles. The summed E-state index contributed by atoms with van der Waals surface area (Å²) < 4.78 is 28.1. The van der Waals surface area contributed by atoms with Crippen LogP contribution in [0.4, 0.5) is 0 Å². The summed E-state index contributed by atoms with van der Waals surface area (Å²) in [6.45, 7) is 9.02. The predicted molar refractivity (Wildman–Crippen MR) is 90.8 cm³/mol. The molecule has 120 valence electrons. The first-order valence-corrected chi connectivity index (χ1v) is 9.38. The van der Waals surface area contributed by atoms with E-state index in [1.165, 1.54) is 0 Å². The molecule has 0 fully saturated rings. The van der Waals surface area contributed by atoms with E-state index >= 15 is 0 Å². The highest BCUT2D eigenvalue weighted by atomic mass is 79.9. The Labute approximate surface area is 137 Å². The van der Waals surface area contributed by atoms with Gasteiger partial charge in [-0.1, -0.05) is 19.9 Å². The summed E-state index contributed by atoms with van der Waals surface area (Å²) in [5.41, 5.74) is 0.951. The normalized spacial score (nSPS) is 12.6. The molecule has 21 heavy (non-hydrogen) atoms. The minimum absolute atomic E-state index is 0.0720. The monoisotopic (exact) mass is 376 g/mol. The van der Waals surface area contributed by atoms with Crippen LogP contribution in [-0.2, 0) is 16.6 Å². The molecule has 6 heteroatoms. The molecular weight excluding hydrogens is 352 g/mol. The Hall–Kier alpha value is -0.430. The molecule has 0 unspecified atom stereocenters. The second kappa shape index (κ2) is 7.72. The Balaban J connectivity index is 3.30. The SMILES string of the molecule is CNCc1ccc(Br)c(S(=O)(=O)N(CC(C)C)C(C)C)c1. The van der Waals surface area contributed by atoms with Gasteiger partial charge in [-0.3, -0.25) is 0 Å². The molecule has 0 saturated heterocycles. The zero-order chi connectivity index (χ0) is 16.2. The quantitative estimate of drug-likeness (QED) is 0.794. The van der Waals surface area contributed by atoms with Crippen molar-refractivity contribution in [3.05, 3.63) is 28.2 Å². The standard InChI is InChI=1S/C15H25BrN2O2S/c1-11(2)10-18(12(3)4)21(19,20)15-8-13(9-17-5)6-7-14(15)16/h6-8,11-12,17H,9-10H2,1-5H3. The summed E-state index contributed by atoms with van der Waals surface area (Å²) in [4.78, 5) is 0.338. The van der Waals surface area contributed by atoms with Gasteiger partial charge in [0.25, 0.3) is 0 Å². The van der Waals surface area contributed by atoms with Crippen molar-refractivity contribution >= 4 is 26.0 Å². The van der Waals surface area contributed by atoms with Crippen molar-refractivity contribution in [3.63, 3.8) is 0 Å². The number of halogens is 1. The molecule has 0 aromatic heterocycles. The zero-order valence-corrected chi connectivity index (χ0v) is 15.8. The number of hydrogen-bond acceptors (Lipinski definition) is 3. The van der Waals surface area contributed by atoms with Crippen LogP contribution in [-0.4, -0.2) is 32.4 Å². The number of sulfonamides is 1. The van der Waals surface area contributed by atoms with Crippen LogP contribution in [0.1, 0.15) is 33.3 Å². The van der Waals surface area contributed by atoms with E-state index in [0.717, 1.165) is 5.56 Å². The van der Waals surface area contributed by atoms with Crippen LogP contribution >= 0.6 is 15.9 Å². The van der Waals surface area contributed by atoms with Gasteiger partial charge in [0.05, 0.1) is 4.90 Å². The van der Waals surface area contributed by atoms with E-state index in [1.54, 1.807) is 16.4 Å². The molecule has 0 aliphatic rings. The molecule has 1 rings (SSSR count). The maximum Gasteiger partial charge on any atom is 0.244 e. The van der Waals surface area contributed by atoms with Crippen LogP contribution in [0.3, 0.4) is 0 Å². The number of nitrogens with zero attached hydrogens (tertiary/aromatic N) is 1. The van der Waals surface area contributed by atoms with E-state index in [0.29, 0.717) is 22.5 Å². The summed E-state index contributed by atoms with van der Waals surface area (Å²) in [5, 5.41) is 3.04. The van der Waals surface area contributed by atoms with E-state index in [1.807, 2.05) is 40.8 Å². The highest BCUT2D eigenvalue weighted by Gasteiger charge is 2.29. The lowest BCUT2D eigenvalue weighted by molar-refractivity contribution is 0.318. The zero-order valence-electron chi connectivity index (χ0n) is 13.4. The molecule has 0 radical (unpaired) electrons. The maximum absolute atomic E-state index is 13.0. The van der Waals surface area contributed by atoms with Gasteiger partial charge in [0, 0.05) is 23.6 Å². The predicted octanol–water partition coefficient (Wildman–Crippen LogP) is 3.22. The van der Waals surface area contributed by atoms with E-state index < -0.39 is 10.0 Å². The maximum atomic E-state index is 13.0. The van der Waals surface area contributed by atoms with E-state index in [4.69, 9.17) is 0 Å². The smallest absolute Gasteiger partial charge is 0.244 e. The van der Waals surface area contributed by atoms with E-state index in [2.05, 4.69) is 21.2 Å². The van der Waals surface area contributed by atoms with Gasteiger partial charge >= 0.3 is 0 Å². The third-order valence-corrected chi connectivity index (χ3v) is 6.12. The van der Waals surface area contributed by atoms with Crippen molar-refractivity contribution in [2.75, 3.05) is 13.6 Å². The third-order valence-electron chi connectivity index (χ3n) is 3.08. The van der Waals surface area contributed by atoms with Crippen molar-refractivity contribution < 1.29 is 8.42 Å². The van der Waals surface area contributed by atoms with Gasteiger partial charge < -0.3 is 5.32 Å². The average Bonchev–Trinajstić information content (AvgIpc) is 2.37. The fraction of sp³-hybridized carbons (Fsp3) is 0.600. The Morgan fingerprint density at radius 1 is 1.24 bits per heavy atom. The second-order valence-electron chi connectivity index (χ2n) is 5.86. The van der Waals surface area contributed by atoms with Crippen LogP contribution in [0.5, 0.6) is 0 Å². The van der Waals surface area contributed by atoms with Crippen LogP contribution in [0.25, 0.3) is 0 Å². The number of hydrogen-bond donors (Lipinski definition) is 1. The van der Waals surface area contributed by atoms with Gasteiger partial charge in [0.1, 0.15) is 0 Å². The number of nitrogens with one attached hydrogen (secondary N) is 1. The summed E-state index contributed by atoms with van der Waals surface area (Å²) in [7, 11) is -1.67. The summed E-state index contributed by atoms with van der Waals surface area (Å²) in [6, 6.07) is 5.39. The topological polar surface area (TPSA) is 49.4 Å². The van der Waals surface area contributed by atoms with Gasteiger partial charge in [-0.25, -0.2) is 8.42 Å². The molecule has 0 spiro atoms. The molecule has 0 amide bonds. The molecule has 4 nitrogen and oxygen atoms in total. The van der Waals surface area contributed by atoms with Gasteiger partial charge in [-0.15, -0.1) is 0 Å². The van der Waals surface area contributed by atoms with E-state index in [-0.39, 0.29) is 12.0 Å². The largest absolute Gasteiger partial charge is 0.316 e. The highest BCUT2D eigenvalue weighted by Crippen LogP contribution is 2.28. The van der Waals surface area contributed by atoms with Crippen LogP contribution in [0.2, 0.25) is 0 Å². The average molecular weight is 377 g/mol. The Bertz CT molecular complexity index is 571. The van der Waals surface area contributed by atoms with Crippen LogP contribution in [0, 0.1) is 5.92 Å². The molecule has 1 aromatic rings. The van der Waals surface area contributed by atoms with Crippen LogP contribution in [0.15, 0.2) is 27.6 Å². The summed E-state index contributed by atoms with van der Waals surface area (Å²) >= 11 is 3.37. The number of benzene rings is 1. The minimum Gasteiger partial charge on any atom is -0.316 e. The van der Waals surface area contributed by atoms with Crippen molar-refractivity contribution in [1.82, 2.24) is 9.62 Å². The van der Waals surface area contributed by atoms with Crippen molar-refractivity contribution in [3.8, 4) is 0 Å². The van der Waals surface area contributed by atoms with E-state index in [9.17, 15) is 8.42 Å². The lowest BCUT2D eigenvalue weighted by atomic mass is 10.2. The minimum atomic E-state index is -3.51. The fourth-order valence-corrected chi connectivity index (χ4v) is 4.91. The molecule has 0 atom stereocenters. The molecular formula is C15H25BrN2O2S. The molecule has 0 aliphatic carbocycles. The highest BCUT2D eigenvalue weighted by molar-refractivity contribution is 9.10. The second-order valence-corrected chi connectivity index (χ2v) is 8.57. The summed E-state index contributed by atoms with van der Waals surface area (Å²) in [5.74, 6) is 0.279. The molecule has 0 bridgehead atoms. The van der Waals surface area contributed by atoms with Crippen LogP contribution < -0.4 is 5.32 Å². The molecule has 0 heterocycles. The lowest BCUT2D eigenvalue weighted by Gasteiger charge is -2.28. The first kappa shape index (κ1) is 18.6. The fourth-order valence-electron chi connectivity index (χ4n) is 2.13. The van der Waals surface area contributed by atoms with Crippen molar-refractivity contribution in [2.45, 2.75) is 45.2 Å². The van der Waals surface area contributed by atoms with Gasteiger partial charge in [0.2, 0.25) is 10.0 Å². The molecule has 0 aliphatic heterocycles.